The zero-order chi connectivity index (χ0) is 12.0. The number of aliphatic hydroxyl groups is 1. The second-order valence-corrected chi connectivity index (χ2v) is 6.79. The third-order valence-corrected chi connectivity index (χ3v) is 3.94. The van der Waals surface area contributed by atoms with Gasteiger partial charge in [-0.05, 0) is 36.1 Å². The molecule has 0 saturated carbocycles. The molecule has 0 heterocycles. The van der Waals surface area contributed by atoms with Crippen molar-refractivity contribution in [3.63, 3.8) is 0 Å². The topological polar surface area (TPSA) is 54.4 Å². The van der Waals surface area contributed by atoms with Crippen molar-refractivity contribution in [2.24, 2.45) is 0 Å². The summed E-state index contributed by atoms with van der Waals surface area (Å²) in [5.74, 6) is -1.08. The molecule has 0 saturated heterocycles. The average Bonchev–Trinajstić information content (AvgIpc) is 2.41. The molecule has 16 heavy (non-hydrogen) atoms. The molecule has 1 N–H and O–H groups in total. The Morgan fingerprint density at radius 1 is 1.50 bits per heavy atom. The highest BCUT2D eigenvalue weighted by molar-refractivity contribution is 8.13. The lowest BCUT2D eigenvalue weighted by Gasteiger charge is -2.22. The lowest BCUT2D eigenvalue weighted by atomic mass is 9.98. The Labute approximate surface area is 97.3 Å². The summed E-state index contributed by atoms with van der Waals surface area (Å²) in [4.78, 5) is 0. The third kappa shape index (κ3) is 2.21. The van der Waals surface area contributed by atoms with Crippen molar-refractivity contribution in [2.45, 2.75) is 18.4 Å². The van der Waals surface area contributed by atoms with Gasteiger partial charge in [0.25, 0.3) is 0 Å². The third-order valence-electron chi connectivity index (χ3n) is 2.79. The molecule has 0 aromatic heterocycles. The summed E-state index contributed by atoms with van der Waals surface area (Å²) in [5.41, 5.74) is -0.459. The smallest absolute Gasteiger partial charge is 0.235 e. The van der Waals surface area contributed by atoms with Crippen LogP contribution in [0.15, 0.2) is 18.2 Å². The van der Waals surface area contributed by atoms with Crippen molar-refractivity contribution >= 4 is 19.7 Å². The fourth-order valence-electron chi connectivity index (χ4n) is 2.11. The molecule has 2 rings (SSSR count). The highest BCUT2D eigenvalue weighted by atomic mass is 35.7. The molecule has 0 spiro atoms. The second kappa shape index (κ2) is 3.68. The van der Waals surface area contributed by atoms with Crippen LogP contribution in [0.3, 0.4) is 0 Å². The minimum Gasteiger partial charge on any atom is -0.384 e. The number of benzene rings is 1. The van der Waals surface area contributed by atoms with Crippen LogP contribution in [0, 0.1) is 5.82 Å². The van der Waals surface area contributed by atoms with Crippen LogP contribution in [0.4, 0.5) is 4.39 Å². The van der Waals surface area contributed by atoms with Gasteiger partial charge in [-0.15, -0.1) is 0 Å². The zero-order valence-corrected chi connectivity index (χ0v) is 9.85. The summed E-state index contributed by atoms with van der Waals surface area (Å²) in [6.07, 6.45) is 0.774. The molecule has 0 aliphatic heterocycles. The minimum atomic E-state index is -3.82. The number of hydrogen-bond acceptors (Lipinski definition) is 3. The van der Waals surface area contributed by atoms with Gasteiger partial charge in [-0.3, -0.25) is 0 Å². The van der Waals surface area contributed by atoms with E-state index in [2.05, 4.69) is 0 Å². The molecule has 0 amide bonds. The number of aryl methyl sites for hydroxylation is 1. The lowest BCUT2D eigenvalue weighted by molar-refractivity contribution is 0.0630. The largest absolute Gasteiger partial charge is 0.384 e. The monoisotopic (exact) mass is 264 g/mol. The number of fused-ring (bicyclic) bond motifs is 1. The van der Waals surface area contributed by atoms with Crippen molar-refractivity contribution < 1.29 is 17.9 Å². The van der Waals surface area contributed by atoms with E-state index in [9.17, 15) is 17.9 Å². The van der Waals surface area contributed by atoms with Crippen LogP contribution in [0.5, 0.6) is 0 Å². The number of hydrogen-bond donors (Lipinski definition) is 1. The Balaban J connectivity index is 2.45. The maximum atomic E-state index is 13.0. The van der Waals surface area contributed by atoms with Gasteiger partial charge < -0.3 is 5.11 Å². The Morgan fingerprint density at radius 2 is 2.19 bits per heavy atom. The Kier molecular flexibility index (Phi) is 2.72. The van der Waals surface area contributed by atoms with Gasteiger partial charge >= 0.3 is 0 Å². The van der Waals surface area contributed by atoms with Crippen molar-refractivity contribution in [3.8, 4) is 0 Å². The van der Waals surface area contributed by atoms with Crippen LogP contribution < -0.4 is 0 Å². The Morgan fingerprint density at radius 3 is 2.81 bits per heavy atom. The van der Waals surface area contributed by atoms with E-state index in [0.29, 0.717) is 12.0 Å². The van der Waals surface area contributed by atoms with Crippen LogP contribution in [-0.4, -0.2) is 19.3 Å². The molecule has 0 fully saturated rings. The Bertz CT molecular complexity index is 529. The molecule has 1 aromatic carbocycles. The number of halogens is 2. The predicted molar refractivity (Wildman–Crippen MR) is 58.3 cm³/mol. The predicted octanol–water partition coefficient (Wildman–Crippen LogP) is 1.53. The summed E-state index contributed by atoms with van der Waals surface area (Å²) in [6, 6.07) is 4.02. The summed E-state index contributed by atoms with van der Waals surface area (Å²) >= 11 is 0. The molecular weight excluding hydrogens is 255 g/mol. The van der Waals surface area contributed by atoms with Crippen molar-refractivity contribution in [3.05, 3.63) is 35.1 Å². The fourth-order valence-corrected chi connectivity index (χ4v) is 3.52. The minimum absolute atomic E-state index is 0.248. The first-order valence-corrected chi connectivity index (χ1v) is 7.22. The molecule has 0 bridgehead atoms. The van der Waals surface area contributed by atoms with Gasteiger partial charge in [-0.1, -0.05) is 6.07 Å². The Hall–Kier alpha value is -0.650. The van der Waals surface area contributed by atoms with E-state index >= 15 is 0 Å². The molecular formula is C10H10ClFO3S. The molecule has 1 aliphatic rings. The van der Waals surface area contributed by atoms with Gasteiger partial charge in [0, 0.05) is 10.7 Å². The summed E-state index contributed by atoms with van der Waals surface area (Å²) in [6.45, 7) is 0. The van der Waals surface area contributed by atoms with E-state index in [1.165, 1.54) is 12.1 Å². The summed E-state index contributed by atoms with van der Waals surface area (Å²) in [5, 5.41) is 10.2. The molecule has 0 radical (unpaired) electrons. The molecule has 3 nitrogen and oxygen atoms in total. The van der Waals surface area contributed by atoms with Crippen LogP contribution in [0.25, 0.3) is 0 Å². The number of rotatable bonds is 2. The molecule has 1 unspecified atom stereocenters. The SMILES string of the molecule is O=S(=O)(Cl)CC1(O)CCc2ccc(F)cc21. The first kappa shape index (κ1) is 11.8. The second-order valence-electron chi connectivity index (χ2n) is 4.02. The van der Waals surface area contributed by atoms with Crippen molar-refractivity contribution in [1.82, 2.24) is 0 Å². The van der Waals surface area contributed by atoms with Gasteiger partial charge in [0.1, 0.15) is 11.4 Å². The maximum absolute atomic E-state index is 13.0. The van der Waals surface area contributed by atoms with Gasteiger partial charge in [-0.2, -0.15) is 0 Å². The summed E-state index contributed by atoms with van der Waals surface area (Å²) in [7, 11) is 1.31. The van der Waals surface area contributed by atoms with Gasteiger partial charge in [0.05, 0.1) is 5.75 Å². The fraction of sp³-hybridized carbons (Fsp3) is 0.400. The quantitative estimate of drug-likeness (QED) is 0.824. The van der Waals surface area contributed by atoms with Crippen LogP contribution in [-0.2, 0) is 21.1 Å². The highest BCUT2D eigenvalue weighted by Crippen LogP contribution is 2.38. The lowest BCUT2D eigenvalue weighted by Crippen LogP contribution is -2.30. The molecule has 88 valence electrons. The van der Waals surface area contributed by atoms with Crippen molar-refractivity contribution in [1.29, 1.82) is 0 Å². The van der Waals surface area contributed by atoms with Crippen LogP contribution in [0.2, 0.25) is 0 Å². The molecule has 1 aliphatic carbocycles. The average molecular weight is 265 g/mol. The maximum Gasteiger partial charge on any atom is 0.235 e. The molecule has 1 aromatic rings. The zero-order valence-electron chi connectivity index (χ0n) is 8.28. The van der Waals surface area contributed by atoms with Crippen molar-refractivity contribution in [2.75, 3.05) is 5.75 Å². The summed E-state index contributed by atoms with van der Waals surface area (Å²) < 4.78 is 35.0. The van der Waals surface area contributed by atoms with Gasteiger partial charge in [-0.25, -0.2) is 12.8 Å². The van der Waals surface area contributed by atoms with E-state index in [1.807, 2.05) is 0 Å². The van der Waals surface area contributed by atoms with Crippen LogP contribution >= 0.6 is 10.7 Å². The van der Waals surface area contributed by atoms with Gasteiger partial charge in [0.15, 0.2) is 0 Å². The van der Waals surface area contributed by atoms with E-state index < -0.39 is 26.2 Å². The normalized spacial score (nSPS) is 24.4. The standard InChI is InChI=1S/C10H10ClFO3S/c11-16(14,15)6-10(13)4-3-7-1-2-8(12)5-9(7)10/h1-2,5,13H,3-4,6H2. The van der Waals surface area contributed by atoms with E-state index in [4.69, 9.17) is 10.7 Å². The van der Waals surface area contributed by atoms with E-state index in [1.54, 1.807) is 6.07 Å². The van der Waals surface area contributed by atoms with Gasteiger partial charge in [0.2, 0.25) is 9.05 Å². The first-order chi connectivity index (χ1) is 7.30. The molecule has 1 atom stereocenters. The first-order valence-electron chi connectivity index (χ1n) is 4.74. The highest BCUT2D eigenvalue weighted by Gasteiger charge is 2.40. The van der Waals surface area contributed by atoms with E-state index in [0.717, 1.165) is 5.56 Å². The van der Waals surface area contributed by atoms with Crippen LogP contribution in [0.1, 0.15) is 17.5 Å². The van der Waals surface area contributed by atoms with E-state index in [-0.39, 0.29) is 6.42 Å². The molecule has 6 heteroatoms.